The lowest BCUT2D eigenvalue weighted by Gasteiger charge is -2.36. The van der Waals surface area contributed by atoms with Crippen molar-refractivity contribution in [3.63, 3.8) is 0 Å². The normalized spacial score (nSPS) is 14.3. The number of nitrogens with zero attached hydrogens (tertiary/aromatic N) is 4. The first-order valence-corrected chi connectivity index (χ1v) is 12.3. The number of ether oxygens (including phenoxy) is 2. The van der Waals surface area contributed by atoms with Crippen molar-refractivity contribution in [2.45, 2.75) is 32.3 Å². The Labute approximate surface area is 217 Å². The lowest BCUT2D eigenvalue weighted by Crippen LogP contribution is -2.50. The lowest BCUT2D eigenvalue weighted by molar-refractivity contribution is 0.0240. The molecule has 2 heterocycles. The van der Waals surface area contributed by atoms with Crippen LogP contribution in [0.4, 0.5) is 19.4 Å². The Morgan fingerprint density at radius 2 is 1.81 bits per heavy atom. The molecule has 0 unspecified atom stereocenters. The number of hydrogen-bond donors (Lipinski definition) is 0. The maximum Gasteiger partial charge on any atom is 0.410 e. The number of fused-ring (bicyclic) bond motifs is 1. The van der Waals surface area contributed by atoms with Gasteiger partial charge in [-0.2, -0.15) is 0 Å². The number of aromatic nitrogens is 2. The van der Waals surface area contributed by atoms with E-state index in [9.17, 15) is 9.18 Å². The van der Waals surface area contributed by atoms with Gasteiger partial charge in [0.2, 0.25) is 0 Å². The number of carbonyl (C=O) groups excluding carboxylic acids is 1. The number of benzene rings is 2. The minimum Gasteiger partial charge on any atom is -0.496 e. The third-order valence-electron chi connectivity index (χ3n) is 5.70. The number of carbonyl (C=O) groups is 1. The van der Waals surface area contributed by atoms with Crippen LogP contribution in [-0.2, 0) is 10.6 Å². The van der Waals surface area contributed by atoms with Crippen LogP contribution in [0.5, 0.6) is 5.75 Å². The molecule has 3 aromatic rings. The molecule has 0 bridgehead atoms. The number of methoxy groups -OCH3 is 1. The molecule has 0 radical (unpaired) electrons. The van der Waals surface area contributed by atoms with Crippen LogP contribution < -0.4 is 9.64 Å². The predicted molar refractivity (Wildman–Crippen MR) is 136 cm³/mol. The molecular weight excluding hydrogens is 513 g/mol. The molecule has 1 aromatic heterocycles. The number of piperazine rings is 1. The molecular formula is C25H26Cl2F2N4O3. The Morgan fingerprint density at radius 1 is 1.11 bits per heavy atom. The summed E-state index contributed by atoms with van der Waals surface area (Å²) in [5, 5.41) is 0.343. The van der Waals surface area contributed by atoms with Gasteiger partial charge in [0, 0.05) is 37.1 Å². The van der Waals surface area contributed by atoms with Crippen LogP contribution in [0.3, 0.4) is 0 Å². The third kappa shape index (κ3) is 5.13. The molecule has 2 aromatic carbocycles. The summed E-state index contributed by atoms with van der Waals surface area (Å²) in [4.78, 5) is 24.8. The van der Waals surface area contributed by atoms with Gasteiger partial charge >= 0.3 is 6.09 Å². The van der Waals surface area contributed by atoms with Crippen molar-refractivity contribution in [3.05, 3.63) is 46.7 Å². The number of alkyl halides is 1. The first-order chi connectivity index (χ1) is 17.0. The Bertz CT molecular complexity index is 1310. The molecule has 1 aliphatic rings. The van der Waals surface area contributed by atoms with E-state index in [1.165, 1.54) is 31.4 Å². The summed E-state index contributed by atoms with van der Waals surface area (Å²) in [5.41, 5.74) is -0.879. The van der Waals surface area contributed by atoms with Gasteiger partial charge < -0.3 is 19.3 Å². The van der Waals surface area contributed by atoms with Gasteiger partial charge in [-0.1, -0.05) is 17.7 Å². The van der Waals surface area contributed by atoms with Gasteiger partial charge in [0.1, 0.15) is 34.3 Å². The summed E-state index contributed by atoms with van der Waals surface area (Å²) in [6, 6.07) is 5.72. The van der Waals surface area contributed by atoms with Crippen molar-refractivity contribution in [2.75, 3.05) is 38.2 Å². The molecule has 36 heavy (non-hydrogen) atoms. The van der Waals surface area contributed by atoms with Crippen molar-refractivity contribution in [1.82, 2.24) is 14.9 Å². The van der Waals surface area contributed by atoms with Crippen LogP contribution in [0.1, 0.15) is 26.6 Å². The van der Waals surface area contributed by atoms with Gasteiger partial charge in [-0.25, -0.2) is 23.5 Å². The van der Waals surface area contributed by atoms with Gasteiger partial charge in [-0.3, -0.25) is 0 Å². The fraction of sp³-hybridized carbons (Fsp3) is 0.400. The number of halogens is 4. The summed E-state index contributed by atoms with van der Waals surface area (Å²) in [6.45, 7) is 7.06. The lowest BCUT2D eigenvalue weighted by atomic mass is 10.0. The summed E-state index contributed by atoms with van der Waals surface area (Å²) >= 11 is 12.6. The molecule has 192 valence electrons. The van der Waals surface area contributed by atoms with Gasteiger partial charge in [0.25, 0.3) is 0 Å². The molecule has 1 amide bonds. The Morgan fingerprint density at radius 3 is 2.42 bits per heavy atom. The summed E-state index contributed by atoms with van der Waals surface area (Å²) < 4.78 is 41.5. The second-order valence-electron chi connectivity index (χ2n) is 9.31. The first-order valence-electron chi connectivity index (χ1n) is 11.3. The largest absolute Gasteiger partial charge is 0.496 e. The topological polar surface area (TPSA) is 67.8 Å². The SMILES string of the molecule is COc1cccc(F)c1-c1c(Cl)cc2c(N3CCN(C(=O)OC(C)(C)C)CC3)nc(CCl)nc2c1F. The van der Waals surface area contributed by atoms with Crippen molar-refractivity contribution in [2.24, 2.45) is 0 Å². The molecule has 4 rings (SSSR count). The van der Waals surface area contributed by atoms with E-state index >= 15 is 4.39 Å². The van der Waals surface area contributed by atoms with Crippen LogP contribution in [-0.4, -0.2) is 59.9 Å². The molecule has 1 saturated heterocycles. The van der Waals surface area contributed by atoms with Crippen molar-refractivity contribution >= 4 is 46.0 Å². The van der Waals surface area contributed by atoms with Crippen LogP contribution in [0.25, 0.3) is 22.0 Å². The van der Waals surface area contributed by atoms with E-state index in [4.69, 9.17) is 32.7 Å². The Kier molecular flexibility index (Phi) is 7.43. The maximum atomic E-state index is 16.0. The molecule has 0 N–H and O–H groups in total. The van der Waals surface area contributed by atoms with Crippen molar-refractivity contribution in [3.8, 4) is 16.9 Å². The third-order valence-corrected chi connectivity index (χ3v) is 6.24. The molecule has 0 spiro atoms. The van der Waals surface area contributed by atoms with Gasteiger partial charge in [0.15, 0.2) is 5.82 Å². The highest BCUT2D eigenvalue weighted by atomic mass is 35.5. The number of rotatable bonds is 4. The summed E-state index contributed by atoms with van der Waals surface area (Å²) in [5.74, 6) is -0.752. The molecule has 7 nitrogen and oxygen atoms in total. The van der Waals surface area contributed by atoms with E-state index in [1.54, 1.807) is 4.90 Å². The van der Waals surface area contributed by atoms with Crippen LogP contribution >= 0.6 is 23.2 Å². The average molecular weight is 539 g/mol. The minimum atomic E-state index is -0.802. The summed E-state index contributed by atoms with van der Waals surface area (Å²) in [6.07, 6.45) is -0.395. The van der Waals surface area contributed by atoms with Crippen LogP contribution in [0.15, 0.2) is 24.3 Å². The van der Waals surface area contributed by atoms with E-state index in [0.717, 1.165) is 0 Å². The number of hydrogen-bond acceptors (Lipinski definition) is 6. The number of anilines is 1. The maximum absolute atomic E-state index is 16.0. The van der Waals surface area contributed by atoms with E-state index in [-0.39, 0.29) is 39.1 Å². The highest BCUT2D eigenvalue weighted by Crippen LogP contribution is 2.42. The first kappa shape index (κ1) is 26.2. The molecule has 1 fully saturated rings. The minimum absolute atomic E-state index is 0.0146. The van der Waals surface area contributed by atoms with Crippen LogP contribution in [0.2, 0.25) is 5.02 Å². The monoisotopic (exact) mass is 538 g/mol. The fourth-order valence-corrected chi connectivity index (χ4v) is 4.51. The zero-order valence-corrected chi connectivity index (χ0v) is 21.9. The highest BCUT2D eigenvalue weighted by molar-refractivity contribution is 6.34. The van der Waals surface area contributed by atoms with Gasteiger partial charge in [-0.15, -0.1) is 11.6 Å². The second kappa shape index (κ2) is 10.2. The van der Waals surface area contributed by atoms with Crippen molar-refractivity contribution in [1.29, 1.82) is 0 Å². The van der Waals surface area contributed by atoms with Gasteiger partial charge in [-0.05, 0) is 39.0 Å². The molecule has 0 aliphatic carbocycles. The molecule has 1 aliphatic heterocycles. The quantitative estimate of drug-likeness (QED) is 0.377. The number of amides is 1. The second-order valence-corrected chi connectivity index (χ2v) is 9.99. The zero-order chi connectivity index (χ0) is 26.2. The summed E-state index contributed by atoms with van der Waals surface area (Å²) in [7, 11) is 1.37. The zero-order valence-electron chi connectivity index (χ0n) is 20.4. The standard InChI is InChI=1S/C25H26Cl2F2N4O3/c1-25(2,3)36-24(34)33-10-8-32(9-11-33)23-14-12-15(27)19(20-16(28)6-5-7-17(20)35-4)21(29)22(14)30-18(13-26)31-23/h5-7,12H,8-11,13H2,1-4H3. The highest BCUT2D eigenvalue weighted by Gasteiger charge is 2.29. The molecule has 11 heteroatoms. The molecule has 0 atom stereocenters. The Hall–Kier alpha value is -2.91. The van der Waals surface area contributed by atoms with Crippen LogP contribution in [0, 0.1) is 11.6 Å². The Balaban J connectivity index is 1.76. The van der Waals surface area contributed by atoms with E-state index in [1.807, 2.05) is 25.7 Å². The smallest absolute Gasteiger partial charge is 0.410 e. The molecule has 0 saturated carbocycles. The van der Waals surface area contributed by atoms with E-state index < -0.39 is 23.3 Å². The van der Waals surface area contributed by atoms with E-state index in [0.29, 0.717) is 37.4 Å². The fourth-order valence-electron chi connectivity index (χ4n) is 4.10. The van der Waals surface area contributed by atoms with E-state index in [2.05, 4.69) is 9.97 Å². The van der Waals surface area contributed by atoms with Gasteiger partial charge in [0.05, 0.1) is 23.6 Å². The average Bonchev–Trinajstić information content (AvgIpc) is 2.83. The predicted octanol–water partition coefficient (Wildman–Crippen LogP) is 6.03. The van der Waals surface area contributed by atoms with Crippen molar-refractivity contribution < 1.29 is 23.0 Å².